The lowest BCUT2D eigenvalue weighted by molar-refractivity contribution is 0.270. The van der Waals surface area contributed by atoms with E-state index in [1.165, 1.54) is 11.8 Å². The number of nitrogens with one attached hydrogen (secondary N) is 1. The maximum atomic E-state index is 11.8. The van der Waals surface area contributed by atoms with Crippen LogP contribution in [0, 0.1) is 5.92 Å². The summed E-state index contributed by atoms with van der Waals surface area (Å²) in [6, 6.07) is 4.43. The van der Waals surface area contributed by atoms with Crippen molar-refractivity contribution in [3.8, 4) is 0 Å². The largest absolute Gasteiger partial charge is 0.314 e. The number of sulfone groups is 1. The zero-order valence-corrected chi connectivity index (χ0v) is 13.8. The van der Waals surface area contributed by atoms with Gasteiger partial charge in [-0.1, -0.05) is 13.3 Å². The van der Waals surface area contributed by atoms with Gasteiger partial charge in [-0.3, -0.25) is 4.98 Å². The minimum atomic E-state index is -2.92. The topological polar surface area (TPSA) is 59.1 Å². The molecule has 1 aliphatic carbocycles. The van der Waals surface area contributed by atoms with E-state index in [1.807, 2.05) is 24.5 Å². The monoisotopic (exact) mass is 310 g/mol. The molecule has 0 radical (unpaired) electrons. The van der Waals surface area contributed by atoms with Crippen LogP contribution in [0.5, 0.6) is 0 Å². The van der Waals surface area contributed by atoms with Crippen molar-refractivity contribution in [2.45, 2.75) is 50.3 Å². The van der Waals surface area contributed by atoms with Crippen LogP contribution in [0.2, 0.25) is 0 Å². The molecule has 118 valence electrons. The van der Waals surface area contributed by atoms with E-state index in [9.17, 15) is 8.42 Å². The van der Waals surface area contributed by atoms with Gasteiger partial charge in [0.05, 0.1) is 5.25 Å². The number of pyridine rings is 1. The Labute approximate surface area is 128 Å². The van der Waals surface area contributed by atoms with Crippen molar-refractivity contribution in [3.05, 3.63) is 30.1 Å². The third kappa shape index (κ3) is 4.78. The average molecular weight is 310 g/mol. The molecule has 21 heavy (non-hydrogen) atoms. The highest BCUT2D eigenvalue weighted by Crippen LogP contribution is 2.31. The van der Waals surface area contributed by atoms with Crippen LogP contribution < -0.4 is 5.32 Å². The lowest BCUT2D eigenvalue weighted by Gasteiger charge is -2.34. The Morgan fingerprint density at radius 1 is 1.33 bits per heavy atom. The van der Waals surface area contributed by atoms with E-state index in [4.69, 9.17) is 0 Å². The van der Waals surface area contributed by atoms with Crippen molar-refractivity contribution in [2.24, 2.45) is 5.92 Å². The number of hydrogen-bond acceptors (Lipinski definition) is 4. The van der Waals surface area contributed by atoms with E-state index < -0.39 is 9.84 Å². The van der Waals surface area contributed by atoms with Gasteiger partial charge in [-0.25, -0.2) is 8.42 Å². The van der Waals surface area contributed by atoms with Gasteiger partial charge < -0.3 is 5.32 Å². The third-order valence-electron chi connectivity index (χ3n) is 4.51. The predicted molar refractivity (Wildman–Crippen MR) is 86.0 cm³/mol. The molecule has 1 fully saturated rings. The molecular formula is C16H26N2O2S. The summed E-state index contributed by atoms with van der Waals surface area (Å²) < 4.78 is 23.7. The van der Waals surface area contributed by atoms with Crippen molar-refractivity contribution < 1.29 is 8.42 Å². The van der Waals surface area contributed by atoms with Gasteiger partial charge in [0.2, 0.25) is 0 Å². The van der Waals surface area contributed by atoms with Crippen LogP contribution in [-0.2, 0) is 16.3 Å². The van der Waals surface area contributed by atoms with E-state index in [-0.39, 0.29) is 5.25 Å². The second-order valence-electron chi connectivity index (χ2n) is 6.10. The van der Waals surface area contributed by atoms with E-state index in [1.54, 1.807) is 0 Å². The Morgan fingerprint density at radius 2 is 2.05 bits per heavy atom. The maximum absolute atomic E-state index is 11.8. The van der Waals surface area contributed by atoms with Crippen LogP contribution in [0.15, 0.2) is 24.5 Å². The Kier molecular flexibility index (Phi) is 5.76. The van der Waals surface area contributed by atoms with Gasteiger partial charge in [-0.2, -0.15) is 0 Å². The minimum Gasteiger partial charge on any atom is -0.314 e. The van der Waals surface area contributed by atoms with Crippen LogP contribution in [0.4, 0.5) is 0 Å². The summed E-state index contributed by atoms with van der Waals surface area (Å²) >= 11 is 0. The van der Waals surface area contributed by atoms with Crippen molar-refractivity contribution in [1.29, 1.82) is 0 Å². The minimum absolute atomic E-state index is 0.158. The Morgan fingerprint density at radius 3 is 2.67 bits per heavy atom. The molecule has 0 saturated heterocycles. The van der Waals surface area contributed by atoms with Gasteiger partial charge in [-0.15, -0.1) is 0 Å². The molecule has 5 heteroatoms. The Balaban J connectivity index is 2.07. The molecule has 1 N–H and O–H groups in total. The molecule has 0 spiro atoms. The summed E-state index contributed by atoms with van der Waals surface area (Å²) in [5.41, 5.74) is 1.26. The quantitative estimate of drug-likeness (QED) is 0.875. The number of likely N-dealkylation sites (N-methyl/N-ethyl adjacent to an activating group) is 1. The normalized spacial score (nSPS) is 24.7. The molecule has 0 amide bonds. The predicted octanol–water partition coefficient (Wildman–Crippen LogP) is 2.21. The molecule has 3 unspecified atom stereocenters. The third-order valence-corrected chi connectivity index (χ3v) is 6.15. The van der Waals surface area contributed by atoms with Crippen LogP contribution in [-0.4, -0.2) is 37.5 Å². The lowest BCUT2D eigenvalue weighted by atomic mass is 9.81. The Hall–Kier alpha value is -0.940. The van der Waals surface area contributed by atoms with Crippen molar-refractivity contribution in [3.63, 3.8) is 0 Å². The molecule has 2 rings (SSSR count). The van der Waals surface area contributed by atoms with Crippen molar-refractivity contribution in [2.75, 3.05) is 12.8 Å². The van der Waals surface area contributed by atoms with Crippen LogP contribution in [0.25, 0.3) is 0 Å². The van der Waals surface area contributed by atoms with Crippen molar-refractivity contribution in [1.82, 2.24) is 10.3 Å². The fourth-order valence-corrected chi connectivity index (χ4v) is 4.57. The fraction of sp³-hybridized carbons (Fsp3) is 0.688. The molecule has 1 saturated carbocycles. The van der Waals surface area contributed by atoms with Crippen LogP contribution >= 0.6 is 0 Å². The van der Waals surface area contributed by atoms with E-state index in [2.05, 4.69) is 17.2 Å². The lowest BCUT2D eigenvalue weighted by Crippen LogP contribution is -2.42. The molecule has 1 aromatic rings. The van der Waals surface area contributed by atoms with E-state index >= 15 is 0 Å². The number of rotatable bonds is 6. The van der Waals surface area contributed by atoms with Gasteiger partial charge in [-0.05, 0) is 55.8 Å². The van der Waals surface area contributed by atoms with Gasteiger partial charge in [0.1, 0.15) is 9.84 Å². The number of nitrogens with zero attached hydrogens (tertiary/aromatic N) is 1. The van der Waals surface area contributed by atoms with Gasteiger partial charge >= 0.3 is 0 Å². The zero-order chi connectivity index (χ0) is 15.3. The van der Waals surface area contributed by atoms with Crippen LogP contribution in [0.1, 0.15) is 38.2 Å². The second-order valence-corrected chi connectivity index (χ2v) is 8.43. The molecule has 0 aliphatic heterocycles. The summed E-state index contributed by atoms with van der Waals surface area (Å²) in [6.45, 7) is 3.02. The summed E-state index contributed by atoms with van der Waals surface area (Å²) in [4.78, 5) is 4.06. The molecule has 1 aliphatic rings. The average Bonchev–Trinajstić information content (AvgIpc) is 2.47. The van der Waals surface area contributed by atoms with Gasteiger partial charge in [0, 0.05) is 24.7 Å². The molecule has 1 aromatic heterocycles. The van der Waals surface area contributed by atoms with Crippen LogP contribution in [0.3, 0.4) is 0 Å². The summed E-state index contributed by atoms with van der Waals surface area (Å²) in [5.74, 6) is 0.437. The molecule has 3 atom stereocenters. The van der Waals surface area contributed by atoms with Gasteiger partial charge in [0.25, 0.3) is 0 Å². The molecular weight excluding hydrogens is 284 g/mol. The smallest absolute Gasteiger partial charge is 0.150 e. The highest BCUT2D eigenvalue weighted by atomic mass is 32.2. The molecule has 0 bridgehead atoms. The summed E-state index contributed by atoms with van der Waals surface area (Å²) in [7, 11) is -2.92. The highest BCUT2D eigenvalue weighted by Gasteiger charge is 2.32. The standard InChI is InChI=1S/C16H26N2O2S/c1-3-18-16(11-13-7-9-17-10-8-13)14-5-4-6-15(12-14)21(2,19)20/h7-10,14-16,18H,3-6,11-12H2,1-2H3. The number of hydrogen-bond donors (Lipinski definition) is 1. The first kappa shape index (κ1) is 16.4. The first-order valence-corrected chi connectivity index (χ1v) is 9.77. The van der Waals surface area contributed by atoms with E-state index in [0.717, 1.165) is 38.6 Å². The zero-order valence-electron chi connectivity index (χ0n) is 13.0. The first-order valence-electron chi connectivity index (χ1n) is 7.82. The molecule has 1 heterocycles. The molecule has 4 nitrogen and oxygen atoms in total. The molecule has 0 aromatic carbocycles. The summed E-state index contributed by atoms with van der Waals surface area (Å²) in [5, 5.41) is 3.40. The maximum Gasteiger partial charge on any atom is 0.150 e. The SMILES string of the molecule is CCNC(Cc1ccncc1)C1CCCC(S(C)(=O)=O)C1. The summed E-state index contributed by atoms with van der Waals surface area (Å²) in [6.07, 6.45) is 9.71. The van der Waals surface area contributed by atoms with Crippen molar-refractivity contribution >= 4 is 9.84 Å². The Bertz CT molecular complexity index is 530. The van der Waals surface area contributed by atoms with Gasteiger partial charge in [0.15, 0.2) is 0 Å². The fourth-order valence-electron chi connectivity index (χ4n) is 3.38. The first-order chi connectivity index (χ1) is 10.0. The number of aromatic nitrogens is 1. The second kappa shape index (κ2) is 7.36. The van der Waals surface area contributed by atoms with E-state index in [0.29, 0.717) is 12.0 Å². The highest BCUT2D eigenvalue weighted by molar-refractivity contribution is 7.91.